The first-order valence-corrected chi connectivity index (χ1v) is 9.55. The molecule has 1 N–H and O–H groups in total. The fraction of sp³-hybridized carbons (Fsp3) is 0.400. The lowest BCUT2D eigenvalue weighted by molar-refractivity contribution is -0.127. The molecule has 3 rings (SSSR count). The lowest BCUT2D eigenvalue weighted by Crippen LogP contribution is -2.59. The number of carbonyl (C=O) groups is 2. The van der Waals surface area contributed by atoms with E-state index >= 15 is 0 Å². The Kier molecular flexibility index (Phi) is 6.78. The van der Waals surface area contributed by atoms with Crippen LogP contribution in [0.15, 0.2) is 41.2 Å². The second-order valence-corrected chi connectivity index (χ2v) is 7.02. The van der Waals surface area contributed by atoms with Crippen LogP contribution in [0.2, 0.25) is 0 Å². The molecule has 1 aromatic heterocycles. The number of aromatic nitrogens is 2. The number of nitrogens with zero attached hydrogens (tertiary/aromatic N) is 4. The smallest absolute Gasteiger partial charge is 0.274 e. The fourth-order valence-electron chi connectivity index (χ4n) is 3.14. The number of benzene rings is 1. The predicted octanol–water partition coefficient (Wildman–Crippen LogP) is -0.129. The van der Waals surface area contributed by atoms with Crippen molar-refractivity contribution in [1.29, 1.82) is 0 Å². The molecular weight excluding hydrogens is 393 g/mol. The van der Waals surface area contributed by atoms with Crippen molar-refractivity contribution in [3.63, 3.8) is 0 Å². The standard InChI is InChI=1S/C20H24FN5O4/c1-24-9-10-26(20(29)16-6-7-18(27)25(2)23-16)13-17(24)19(28)22-8-11-30-15-5-3-4-14(21)12-15/h3-7,12,17H,8-11,13H2,1-2H3,(H,22,28)/t17-/m1/s1. The molecule has 0 spiro atoms. The van der Waals surface area contributed by atoms with E-state index in [2.05, 4.69) is 10.4 Å². The number of nitrogens with one attached hydrogen (secondary N) is 1. The Morgan fingerprint density at radius 2 is 2.03 bits per heavy atom. The summed E-state index contributed by atoms with van der Waals surface area (Å²) in [6.45, 7) is 1.62. The highest BCUT2D eigenvalue weighted by Gasteiger charge is 2.33. The highest BCUT2D eigenvalue weighted by atomic mass is 19.1. The molecule has 1 aliphatic heterocycles. The van der Waals surface area contributed by atoms with Gasteiger partial charge < -0.3 is 15.0 Å². The highest BCUT2D eigenvalue weighted by molar-refractivity contribution is 5.93. The number of piperazine rings is 1. The van der Waals surface area contributed by atoms with Crippen LogP contribution < -0.4 is 15.6 Å². The van der Waals surface area contributed by atoms with Gasteiger partial charge in [-0.15, -0.1) is 0 Å². The van der Waals surface area contributed by atoms with Crippen molar-refractivity contribution in [1.82, 2.24) is 24.9 Å². The molecule has 0 saturated carbocycles. The van der Waals surface area contributed by atoms with Crippen LogP contribution in [0.1, 0.15) is 10.5 Å². The van der Waals surface area contributed by atoms with Crippen molar-refractivity contribution in [3.05, 3.63) is 58.3 Å². The van der Waals surface area contributed by atoms with Crippen molar-refractivity contribution in [2.75, 3.05) is 39.8 Å². The van der Waals surface area contributed by atoms with E-state index in [1.807, 2.05) is 11.9 Å². The molecule has 160 valence electrons. The zero-order valence-electron chi connectivity index (χ0n) is 16.9. The van der Waals surface area contributed by atoms with Gasteiger partial charge in [0.15, 0.2) is 0 Å². The van der Waals surface area contributed by atoms with Gasteiger partial charge in [0, 0.05) is 38.8 Å². The number of halogens is 1. The number of rotatable bonds is 6. The average molecular weight is 417 g/mol. The van der Waals surface area contributed by atoms with Crippen LogP contribution >= 0.6 is 0 Å². The van der Waals surface area contributed by atoms with Gasteiger partial charge in [0.05, 0.1) is 6.54 Å². The van der Waals surface area contributed by atoms with Crippen LogP contribution in [0.25, 0.3) is 0 Å². The zero-order valence-corrected chi connectivity index (χ0v) is 16.9. The topological polar surface area (TPSA) is 96.8 Å². The lowest BCUT2D eigenvalue weighted by Gasteiger charge is -2.38. The molecule has 30 heavy (non-hydrogen) atoms. The quantitative estimate of drug-likeness (QED) is 0.658. The van der Waals surface area contributed by atoms with Gasteiger partial charge in [0.1, 0.15) is 29.9 Å². The summed E-state index contributed by atoms with van der Waals surface area (Å²) >= 11 is 0. The minimum atomic E-state index is -0.524. The van der Waals surface area contributed by atoms with E-state index in [1.165, 1.54) is 31.3 Å². The Morgan fingerprint density at radius 3 is 2.77 bits per heavy atom. The third-order valence-corrected chi connectivity index (χ3v) is 4.88. The first-order chi connectivity index (χ1) is 14.3. The fourth-order valence-corrected chi connectivity index (χ4v) is 3.14. The number of aryl methyl sites for hydroxylation is 1. The summed E-state index contributed by atoms with van der Waals surface area (Å²) in [5.74, 6) is -0.559. The Bertz CT molecular complexity index is 980. The molecule has 2 heterocycles. The maximum atomic E-state index is 13.1. The highest BCUT2D eigenvalue weighted by Crippen LogP contribution is 2.12. The van der Waals surface area contributed by atoms with Gasteiger partial charge in [0.25, 0.3) is 11.5 Å². The maximum absolute atomic E-state index is 13.1. The molecule has 2 amide bonds. The molecule has 2 aromatic rings. The van der Waals surface area contributed by atoms with Gasteiger partial charge >= 0.3 is 0 Å². The molecular formula is C20H24FN5O4. The molecule has 9 nitrogen and oxygen atoms in total. The molecule has 1 aliphatic rings. The van der Waals surface area contributed by atoms with Crippen molar-refractivity contribution in [2.24, 2.45) is 7.05 Å². The van der Waals surface area contributed by atoms with Gasteiger partial charge in [-0.3, -0.25) is 19.3 Å². The van der Waals surface area contributed by atoms with E-state index in [1.54, 1.807) is 17.0 Å². The number of hydrogen-bond acceptors (Lipinski definition) is 6. The molecule has 0 aliphatic carbocycles. The Balaban J connectivity index is 1.54. The summed E-state index contributed by atoms with van der Waals surface area (Å²) in [5.41, 5.74) is -0.146. The normalized spacial score (nSPS) is 16.9. The lowest BCUT2D eigenvalue weighted by atomic mass is 10.1. The average Bonchev–Trinajstić information content (AvgIpc) is 2.73. The summed E-state index contributed by atoms with van der Waals surface area (Å²) < 4.78 is 19.7. The third kappa shape index (κ3) is 5.20. The van der Waals surface area contributed by atoms with E-state index in [0.717, 1.165) is 4.68 Å². The second-order valence-electron chi connectivity index (χ2n) is 7.02. The van der Waals surface area contributed by atoms with Crippen LogP contribution in [0.5, 0.6) is 5.75 Å². The van der Waals surface area contributed by atoms with E-state index in [9.17, 15) is 18.8 Å². The molecule has 0 bridgehead atoms. The Hall–Kier alpha value is -3.27. The molecule has 10 heteroatoms. The number of ether oxygens (including phenoxy) is 1. The summed E-state index contributed by atoms with van der Waals surface area (Å²) in [6, 6.07) is 7.94. The molecule has 1 saturated heterocycles. The van der Waals surface area contributed by atoms with Crippen LogP contribution in [-0.4, -0.2) is 77.3 Å². The van der Waals surface area contributed by atoms with Crippen LogP contribution in [0, 0.1) is 5.82 Å². The van der Waals surface area contributed by atoms with Crippen molar-refractivity contribution < 1.29 is 18.7 Å². The van der Waals surface area contributed by atoms with Gasteiger partial charge in [-0.05, 0) is 25.2 Å². The van der Waals surface area contributed by atoms with E-state index in [4.69, 9.17) is 4.74 Å². The summed E-state index contributed by atoms with van der Waals surface area (Å²) in [7, 11) is 3.30. The molecule has 1 aromatic carbocycles. The van der Waals surface area contributed by atoms with Gasteiger partial charge in [-0.25, -0.2) is 9.07 Å². The van der Waals surface area contributed by atoms with Gasteiger partial charge in [-0.2, -0.15) is 5.10 Å². The SMILES string of the molecule is CN1CCN(C(=O)c2ccc(=O)n(C)n2)C[C@@H]1C(=O)NCCOc1cccc(F)c1. The second kappa shape index (κ2) is 9.49. The monoisotopic (exact) mass is 417 g/mol. The minimum Gasteiger partial charge on any atom is -0.492 e. The minimum absolute atomic E-state index is 0.157. The first-order valence-electron chi connectivity index (χ1n) is 9.55. The first kappa shape index (κ1) is 21.4. The predicted molar refractivity (Wildman–Crippen MR) is 107 cm³/mol. The Labute approximate surface area is 173 Å². The Morgan fingerprint density at radius 1 is 1.23 bits per heavy atom. The van der Waals surface area contributed by atoms with Crippen molar-refractivity contribution in [3.8, 4) is 5.75 Å². The molecule has 1 fully saturated rings. The van der Waals surface area contributed by atoms with Crippen molar-refractivity contribution in [2.45, 2.75) is 6.04 Å². The maximum Gasteiger partial charge on any atom is 0.274 e. The van der Waals surface area contributed by atoms with Gasteiger partial charge in [0.2, 0.25) is 5.91 Å². The summed E-state index contributed by atoms with van der Waals surface area (Å²) in [5, 5.41) is 6.77. The largest absolute Gasteiger partial charge is 0.492 e. The molecule has 0 radical (unpaired) electrons. The van der Waals surface area contributed by atoms with E-state index in [-0.39, 0.29) is 42.8 Å². The van der Waals surface area contributed by atoms with Gasteiger partial charge in [-0.1, -0.05) is 6.07 Å². The van der Waals surface area contributed by atoms with Crippen LogP contribution in [0.3, 0.4) is 0 Å². The number of likely N-dealkylation sites (N-methyl/N-ethyl adjacent to an activating group) is 1. The van der Waals surface area contributed by atoms with Crippen molar-refractivity contribution >= 4 is 11.8 Å². The summed E-state index contributed by atoms with van der Waals surface area (Å²) in [6.07, 6.45) is 0. The number of amides is 2. The van der Waals surface area contributed by atoms with Crippen LogP contribution in [-0.2, 0) is 11.8 Å². The number of carbonyl (C=O) groups excluding carboxylic acids is 2. The van der Waals surface area contributed by atoms with E-state index in [0.29, 0.717) is 18.8 Å². The van der Waals surface area contributed by atoms with Crippen LogP contribution in [0.4, 0.5) is 4.39 Å². The summed E-state index contributed by atoms with van der Waals surface area (Å²) in [4.78, 5) is 40.2. The molecule has 0 unspecified atom stereocenters. The molecule has 1 atom stereocenters. The van der Waals surface area contributed by atoms with E-state index < -0.39 is 11.9 Å². The zero-order chi connectivity index (χ0) is 21.7. The third-order valence-electron chi connectivity index (χ3n) is 4.88. The number of hydrogen-bond donors (Lipinski definition) is 1.